The van der Waals surface area contributed by atoms with Gasteiger partial charge in [0.25, 0.3) is 0 Å². The Hall–Kier alpha value is -0.550. The minimum Gasteiger partial charge on any atom is -0.336 e. The van der Waals surface area contributed by atoms with E-state index in [9.17, 15) is 4.79 Å². The van der Waals surface area contributed by atoms with Crippen molar-refractivity contribution in [1.29, 1.82) is 0 Å². The van der Waals surface area contributed by atoms with Crippen LogP contribution in [-0.2, 0) is 11.3 Å². The molecule has 5 heteroatoms. The Bertz CT molecular complexity index is 389. The zero-order valence-corrected chi connectivity index (χ0v) is 10.6. The van der Waals surface area contributed by atoms with Gasteiger partial charge in [0, 0.05) is 23.1 Å². The number of aromatic nitrogens is 1. The van der Waals surface area contributed by atoms with Crippen molar-refractivity contribution in [2.75, 3.05) is 6.54 Å². The number of thiazole rings is 1. The summed E-state index contributed by atoms with van der Waals surface area (Å²) in [5, 5.41) is 1.27. The van der Waals surface area contributed by atoms with Gasteiger partial charge in [-0.2, -0.15) is 12.6 Å². The molecule has 3 nitrogen and oxygen atoms in total. The van der Waals surface area contributed by atoms with Gasteiger partial charge in [-0.3, -0.25) is 4.79 Å². The van der Waals surface area contributed by atoms with Crippen LogP contribution in [0.2, 0.25) is 0 Å². The summed E-state index contributed by atoms with van der Waals surface area (Å²) in [5.74, 6) is 0.209. The number of amides is 1. The first-order chi connectivity index (χ1) is 7.06. The number of aryl methyl sites for hydroxylation is 2. The second-order valence-electron chi connectivity index (χ2n) is 3.87. The van der Waals surface area contributed by atoms with Gasteiger partial charge < -0.3 is 4.90 Å². The number of hydrogen-bond acceptors (Lipinski definition) is 4. The average molecular weight is 242 g/mol. The van der Waals surface area contributed by atoms with Crippen LogP contribution in [0.3, 0.4) is 0 Å². The maximum absolute atomic E-state index is 11.6. The second-order valence-corrected chi connectivity index (χ2v) is 5.89. The van der Waals surface area contributed by atoms with Crippen molar-refractivity contribution in [2.45, 2.75) is 32.1 Å². The molecule has 1 saturated heterocycles. The molecule has 2 rings (SSSR count). The van der Waals surface area contributed by atoms with Gasteiger partial charge in [-0.05, 0) is 13.8 Å². The molecule has 1 fully saturated rings. The molecule has 1 aromatic heterocycles. The summed E-state index contributed by atoms with van der Waals surface area (Å²) in [4.78, 5) is 19.0. The molecule has 0 bridgehead atoms. The van der Waals surface area contributed by atoms with Crippen LogP contribution >= 0.6 is 24.0 Å². The van der Waals surface area contributed by atoms with Crippen LogP contribution in [0, 0.1) is 13.8 Å². The van der Waals surface area contributed by atoms with Crippen molar-refractivity contribution in [3.63, 3.8) is 0 Å². The SMILES string of the molecule is Cc1nc(C)c(CN2CC(S)CC2=O)s1. The normalized spacial score (nSPS) is 21.4. The van der Waals surface area contributed by atoms with Crippen molar-refractivity contribution in [3.05, 3.63) is 15.6 Å². The van der Waals surface area contributed by atoms with Crippen LogP contribution in [0.15, 0.2) is 0 Å². The summed E-state index contributed by atoms with van der Waals surface area (Å²) in [6.45, 7) is 5.46. The van der Waals surface area contributed by atoms with Gasteiger partial charge in [-0.25, -0.2) is 4.98 Å². The Kier molecular flexibility index (Phi) is 3.02. The third kappa shape index (κ3) is 2.34. The lowest BCUT2D eigenvalue weighted by Crippen LogP contribution is -2.24. The largest absolute Gasteiger partial charge is 0.336 e. The summed E-state index contributed by atoms with van der Waals surface area (Å²) in [5.41, 5.74) is 1.05. The molecule has 15 heavy (non-hydrogen) atoms. The van der Waals surface area contributed by atoms with Gasteiger partial charge in [0.1, 0.15) is 0 Å². The van der Waals surface area contributed by atoms with Crippen LogP contribution in [0.5, 0.6) is 0 Å². The number of likely N-dealkylation sites (tertiary alicyclic amines) is 1. The fraction of sp³-hybridized carbons (Fsp3) is 0.600. The smallest absolute Gasteiger partial charge is 0.224 e. The highest BCUT2D eigenvalue weighted by Gasteiger charge is 2.27. The molecular formula is C10H14N2OS2. The molecule has 1 aliphatic rings. The Morgan fingerprint density at radius 2 is 2.33 bits per heavy atom. The van der Waals surface area contributed by atoms with Crippen LogP contribution in [0.4, 0.5) is 0 Å². The lowest BCUT2D eigenvalue weighted by Gasteiger charge is -2.14. The number of nitrogens with zero attached hydrogens (tertiary/aromatic N) is 2. The minimum atomic E-state index is 0.201. The predicted octanol–water partition coefficient (Wildman–Crippen LogP) is 1.79. The second kappa shape index (κ2) is 4.14. The maximum atomic E-state index is 11.6. The van der Waals surface area contributed by atoms with Gasteiger partial charge in [0.2, 0.25) is 5.91 Å². The summed E-state index contributed by atoms with van der Waals surface area (Å²) < 4.78 is 0. The van der Waals surface area contributed by atoms with E-state index in [0.29, 0.717) is 13.0 Å². The van der Waals surface area contributed by atoms with E-state index in [2.05, 4.69) is 17.6 Å². The standard InChI is InChI=1S/C10H14N2OS2/c1-6-9(15-7(2)11-6)5-12-4-8(14)3-10(12)13/h8,14H,3-5H2,1-2H3. The zero-order chi connectivity index (χ0) is 11.0. The van der Waals surface area contributed by atoms with E-state index in [1.807, 2.05) is 18.7 Å². The highest BCUT2D eigenvalue weighted by Crippen LogP contribution is 2.23. The fourth-order valence-electron chi connectivity index (χ4n) is 1.80. The molecule has 0 radical (unpaired) electrons. The molecule has 1 aromatic rings. The number of carbonyl (C=O) groups is 1. The molecule has 82 valence electrons. The lowest BCUT2D eigenvalue weighted by molar-refractivity contribution is -0.128. The van der Waals surface area contributed by atoms with E-state index >= 15 is 0 Å². The Labute approximate surface area is 98.9 Å². The minimum absolute atomic E-state index is 0.201. The summed E-state index contributed by atoms with van der Waals surface area (Å²) in [6, 6.07) is 0. The third-order valence-corrected chi connectivity index (χ3v) is 3.93. The first kappa shape index (κ1) is 11.0. The van der Waals surface area contributed by atoms with Gasteiger partial charge >= 0.3 is 0 Å². The van der Waals surface area contributed by atoms with Crippen LogP contribution < -0.4 is 0 Å². The quantitative estimate of drug-likeness (QED) is 0.802. The van der Waals surface area contributed by atoms with E-state index < -0.39 is 0 Å². The molecule has 0 aliphatic carbocycles. The monoisotopic (exact) mass is 242 g/mol. The Balaban J connectivity index is 2.09. The molecular weight excluding hydrogens is 228 g/mol. The van der Waals surface area contributed by atoms with Crippen molar-refractivity contribution >= 4 is 29.9 Å². The zero-order valence-electron chi connectivity index (χ0n) is 8.86. The molecule has 2 heterocycles. The summed E-state index contributed by atoms with van der Waals surface area (Å²) in [7, 11) is 0. The van der Waals surface area contributed by atoms with Gasteiger partial charge in [-0.15, -0.1) is 11.3 Å². The summed E-state index contributed by atoms with van der Waals surface area (Å²) >= 11 is 6.01. The molecule has 0 N–H and O–H groups in total. The number of thiol groups is 1. The predicted molar refractivity (Wildman–Crippen MR) is 64.4 cm³/mol. The van der Waals surface area contributed by atoms with Crippen LogP contribution in [-0.4, -0.2) is 27.6 Å². The van der Waals surface area contributed by atoms with Crippen molar-refractivity contribution in [3.8, 4) is 0 Å². The molecule has 1 atom stereocenters. The first-order valence-electron chi connectivity index (χ1n) is 4.95. The molecule has 1 unspecified atom stereocenters. The van der Waals surface area contributed by atoms with E-state index in [4.69, 9.17) is 0 Å². The molecule has 1 amide bonds. The third-order valence-electron chi connectivity index (χ3n) is 2.53. The maximum Gasteiger partial charge on any atom is 0.224 e. The van der Waals surface area contributed by atoms with Crippen molar-refractivity contribution < 1.29 is 4.79 Å². The topological polar surface area (TPSA) is 33.2 Å². The van der Waals surface area contributed by atoms with E-state index in [-0.39, 0.29) is 11.2 Å². The number of hydrogen-bond donors (Lipinski definition) is 1. The van der Waals surface area contributed by atoms with Crippen molar-refractivity contribution in [1.82, 2.24) is 9.88 Å². The lowest BCUT2D eigenvalue weighted by atomic mass is 10.3. The Morgan fingerprint density at radius 1 is 1.60 bits per heavy atom. The van der Waals surface area contributed by atoms with E-state index in [0.717, 1.165) is 17.2 Å². The van der Waals surface area contributed by atoms with Gasteiger partial charge in [-0.1, -0.05) is 0 Å². The average Bonchev–Trinajstić information content (AvgIpc) is 2.58. The number of carbonyl (C=O) groups excluding carboxylic acids is 1. The molecule has 0 spiro atoms. The van der Waals surface area contributed by atoms with Crippen LogP contribution in [0.1, 0.15) is 22.0 Å². The molecule has 1 aliphatic heterocycles. The fourth-order valence-corrected chi connectivity index (χ4v) is 3.10. The van der Waals surface area contributed by atoms with E-state index in [1.165, 1.54) is 4.88 Å². The number of rotatable bonds is 2. The highest BCUT2D eigenvalue weighted by atomic mass is 32.1. The highest BCUT2D eigenvalue weighted by molar-refractivity contribution is 7.81. The first-order valence-corrected chi connectivity index (χ1v) is 6.28. The van der Waals surface area contributed by atoms with Crippen LogP contribution in [0.25, 0.3) is 0 Å². The summed E-state index contributed by atoms with van der Waals surface area (Å²) in [6.07, 6.45) is 0.569. The van der Waals surface area contributed by atoms with Gasteiger partial charge in [0.05, 0.1) is 17.2 Å². The molecule has 0 aromatic carbocycles. The Morgan fingerprint density at radius 3 is 2.80 bits per heavy atom. The van der Waals surface area contributed by atoms with Crippen molar-refractivity contribution in [2.24, 2.45) is 0 Å². The molecule has 0 saturated carbocycles. The van der Waals surface area contributed by atoms with Gasteiger partial charge in [0.15, 0.2) is 0 Å². The van der Waals surface area contributed by atoms with E-state index in [1.54, 1.807) is 11.3 Å².